The van der Waals surface area contributed by atoms with Crippen molar-refractivity contribution < 1.29 is 9.59 Å². The molecule has 0 aromatic heterocycles. The third-order valence-corrected chi connectivity index (χ3v) is 2.17. The highest BCUT2D eigenvalue weighted by Crippen LogP contribution is 2.25. The minimum Gasteiger partial charge on any atom is -0.330 e. The lowest BCUT2D eigenvalue weighted by atomic mass is 10.2. The van der Waals surface area contributed by atoms with Gasteiger partial charge < -0.3 is 16.4 Å². The number of hydrogen-bond donors (Lipinski definition) is 3. The average molecular weight is 256 g/mol. The molecule has 2 amide bonds. The monoisotopic (exact) mass is 255 g/mol. The van der Waals surface area contributed by atoms with Gasteiger partial charge in [0.2, 0.25) is 11.8 Å². The topological polar surface area (TPSA) is 84.2 Å². The Morgan fingerprint density at radius 3 is 2.59 bits per heavy atom. The quantitative estimate of drug-likeness (QED) is 0.764. The van der Waals surface area contributed by atoms with E-state index in [1.54, 1.807) is 18.2 Å². The highest BCUT2D eigenvalue weighted by atomic mass is 35.5. The van der Waals surface area contributed by atoms with Gasteiger partial charge in [0.15, 0.2) is 0 Å². The van der Waals surface area contributed by atoms with E-state index in [0.717, 1.165) is 0 Å². The van der Waals surface area contributed by atoms with Gasteiger partial charge in [-0.05, 0) is 18.2 Å². The molecule has 0 bridgehead atoms. The fraction of sp³-hybridized carbons (Fsp3) is 0.273. The van der Waals surface area contributed by atoms with Crippen molar-refractivity contribution in [2.45, 2.75) is 13.3 Å². The number of rotatable bonds is 4. The maximum Gasteiger partial charge on any atom is 0.225 e. The second-order valence-electron chi connectivity index (χ2n) is 3.46. The molecule has 92 valence electrons. The van der Waals surface area contributed by atoms with Crippen molar-refractivity contribution in [2.24, 2.45) is 5.73 Å². The molecule has 5 nitrogen and oxygen atoms in total. The number of halogens is 1. The van der Waals surface area contributed by atoms with E-state index in [2.05, 4.69) is 10.6 Å². The molecule has 0 fully saturated rings. The van der Waals surface area contributed by atoms with E-state index in [0.29, 0.717) is 16.4 Å². The van der Waals surface area contributed by atoms with Crippen LogP contribution in [0.5, 0.6) is 0 Å². The first-order valence-electron chi connectivity index (χ1n) is 5.10. The predicted octanol–water partition coefficient (Wildman–Crippen LogP) is 1.59. The molecule has 0 aliphatic carbocycles. The number of anilines is 2. The van der Waals surface area contributed by atoms with Crippen LogP contribution in [0.3, 0.4) is 0 Å². The lowest BCUT2D eigenvalue weighted by Gasteiger charge is -2.11. The van der Waals surface area contributed by atoms with Gasteiger partial charge in [-0.15, -0.1) is 0 Å². The van der Waals surface area contributed by atoms with Crippen LogP contribution in [0.4, 0.5) is 11.4 Å². The minimum atomic E-state index is -0.221. The summed E-state index contributed by atoms with van der Waals surface area (Å²) in [6, 6.07) is 4.83. The van der Waals surface area contributed by atoms with E-state index in [4.69, 9.17) is 17.3 Å². The summed E-state index contributed by atoms with van der Waals surface area (Å²) in [4.78, 5) is 22.4. The molecule has 4 N–H and O–H groups in total. The van der Waals surface area contributed by atoms with E-state index in [-0.39, 0.29) is 24.8 Å². The average Bonchev–Trinajstić information content (AvgIpc) is 2.22. The van der Waals surface area contributed by atoms with Crippen molar-refractivity contribution in [3.8, 4) is 0 Å². The number of nitrogens with one attached hydrogen (secondary N) is 2. The third kappa shape index (κ3) is 4.42. The van der Waals surface area contributed by atoms with Crippen molar-refractivity contribution in [3.63, 3.8) is 0 Å². The molecule has 0 saturated carbocycles. The number of carbonyl (C=O) groups excluding carboxylic acids is 2. The van der Waals surface area contributed by atoms with Gasteiger partial charge in [0.1, 0.15) is 0 Å². The van der Waals surface area contributed by atoms with Crippen molar-refractivity contribution in [1.82, 2.24) is 0 Å². The molecule has 0 spiro atoms. The van der Waals surface area contributed by atoms with Gasteiger partial charge in [0, 0.05) is 24.9 Å². The summed E-state index contributed by atoms with van der Waals surface area (Å²) in [6.07, 6.45) is 0.214. The van der Waals surface area contributed by atoms with Crippen molar-refractivity contribution in [2.75, 3.05) is 17.2 Å². The second kappa shape index (κ2) is 6.22. The summed E-state index contributed by atoms with van der Waals surface area (Å²) in [7, 11) is 0. The lowest BCUT2D eigenvalue weighted by molar-refractivity contribution is -0.116. The number of amides is 2. The van der Waals surface area contributed by atoms with Gasteiger partial charge in [0.25, 0.3) is 0 Å². The highest BCUT2D eigenvalue weighted by molar-refractivity contribution is 6.31. The molecule has 1 aromatic carbocycles. The molecule has 0 saturated heterocycles. The zero-order chi connectivity index (χ0) is 12.8. The Labute approximate surface area is 104 Å². The van der Waals surface area contributed by atoms with Crippen LogP contribution in [-0.2, 0) is 9.59 Å². The molecule has 6 heteroatoms. The zero-order valence-electron chi connectivity index (χ0n) is 9.42. The Bertz CT molecular complexity index is 435. The Hall–Kier alpha value is -1.59. The third-order valence-electron chi connectivity index (χ3n) is 1.94. The lowest BCUT2D eigenvalue weighted by Crippen LogP contribution is -2.18. The molecular weight excluding hydrogens is 242 g/mol. The molecule has 0 aliphatic heterocycles. The first kappa shape index (κ1) is 13.5. The fourth-order valence-electron chi connectivity index (χ4n) is 1.26. The maximum absolute atomic E-state index is 11.4. The Kier molecular flexibility index (Phi) is 4.93. The van der Waals surface area contributed by atoms with Crippen LogP contribution in [0.2, 0.25) is 5.02 Å². The fourth-order valence-corrected chi connectivity index (χ4v) is 1.43. The van der Waals surface area contributed by atoms with E-state index >= 15 is 0 Å². The van der Waals surface area contributed by atoms with E-state index in [1.807, 2.05) is 0 Å². The van der Waals surface area contributed by atoms with Crippen LogP contribution >= 0.6 is 11.6 Å². The number of carbonyl (C=O) groups is 2. The van der Waals surface area contributed by atoms with Crippen molar-refractivity contribution in [1.29, 1.82) is 0 Å². The molecule has 0 radical (unpaired) electrons. The number of nitrogens with two attached hydrogens (primary N) is 1. The van der Waals surface area contributed by atoms with Crippen molar-refractivity contribution >= 4 is 34.8 Å². The SMILES string of the molecule is CC(=O)Nc1ccc(Cl)cc1NC(=O)CCN. The van der Waals surface area contributed by atoms with Gasteiger partial charge in [-0.25, -0.2) is 0 Å². The molecule has 1 aromatic rings. The summed E-state index contributed by atoms with van der Waals surface area (Å²) in [6.45, 7) is 1.65. The standard InChI is InChI=1S/C11H14ClN3O2/c1-7(16)14-9-3-2-8(12)6-10(9)15-11(17)4-5-13/h2-3,6H,4-5,13H2,1H3,(H,14,16)(H,15,17). The predicted molar refractivity (Wildman–Crippen MR) is 68.1 cm³/mol. The molecule has 1 rings (SSSR count). The molecule has 0 atom stereocenters. The van der Waals surface area contributed by atoms with Crippen molar-refractivity contribution in [3.05, 3.63) is 23.2 Å². The summed E-state index contributed by atoms with van der Waals surface area (Å²) < 4.78 is 0. The molecule has 0 unspecified atom stereocenters. The van der Waals surface area contributed by atoms with Crippen LogP contribution in [0, 0.1) is 0 Å². The van der Waals surface area contributed by atoms with Crippen LogP contribution in [0.25, 0.3) is 0 Å². The number of benzene rings is 1. The Balaban J connectivity index is 2.90. The van der Waals surface area contributed by atoms with Crippen LogP contribution in [0.1, 0.15) is 13.3 Å². The van der Waals surface area contributed by atoms with Crippen LogP contribution in [-0.4, -0.2) is 18.4 Å². The highest BCUT2D eigenvalue weighted by Gasteiger charge is 2.08. The van der Waals surface area contributed by atoms with Gasteiger partial charge in [0.05, 0.1) is 11.4 Å². The minimum absolute atomic E-state index is 0.214. The van der Waals surface area contributed by atoms with Gasteiger partial charge >= 0.3 is 0 Å². The molecule has 17 heavy (non-hydrogen) atoms. The zero-order valence-corrected chi connectivity index (χ0v) is 10.2. The molecule has 0 heterocycles. The summed E-state index contributed by atoms with van der Waals surface area (Å²) >= 11 is 5.83. The smallest absolute Gasteiger partial charge is 0.225 e. The normalized spacial score (nSPS) is 9.82. The molecular formula is C11H14ClN3O2. The first-order valence-corrected chi connectivity index (χ1v) is 5.48. The van der Waals surface area contributed by atoms with Crippen LogP contribution < -0.4 is 16.4 Å². The first-order chi connectivity index (χ1) is 8.02. The molecule has 0 aliphatic rings. The largest absolute Gasteiger partial charge is 0.330 e. The van der Waals surface area contributed by atoms with Gasteiger partial charge in [-0.3, -0.25) is 9.59 Å². The van der Waals surface area contributed by atoms with E-state index in [1.165, 1.54) is 6.92 Å². The van der Waals surface area contributed by atoms with Gasteiger partial charge in [-0.2, -0.15) is 0 Å². The summed E-state index contributed by atoms with van der Waals surface area (Å²) in [5.41, 5.74) is 6.25. The second-order valence-corrected chi connectivity index (χ2v) is 3.89. The maximum atomic E-state index is 11.4. The van der Waals surface area contributed by atoms with Crippen LogP contribution in [0.15, 0.2) is 18.2 Å². The van der Waals surface area contributed by atoms with Gasteiger partial charge in [-0.1, -0.05) is 11.6 Å². The summed E-state index contributed by atoms with van der Waals surface area (Å²) in [5.74, 6) is -0.442. The van der Waals surface area contributed by atoms with E-state index in [9.17, 15) is 9.59 Å². The summed E-state index contributed by atoms with van der Waals surface area (Å²) in [5, 5.41) is 5.72. The van der Waals surface area contributed by atoms with E-state index < -0.39 is 0 Å². The number of hydrogen-bond acceptors (Lipinski definition) is 3. The Morgan fingerprint density at radius 1 is 1.29 bits per heavy atom. The Morgan fingerprint density at radius 2 is 2.00 bits per heavy atom.